The molecule has 0 bridgehead atoms. The van der Waals surface area contributed by atoms with Crippen LogP contribution in [0.2, 0.25) is 0 Å². The van der Waals surface area contributed by atoms with Gasteiger partial charge in [0, 0.05) is 19.1 Å². The van der Waals surface area contributed by atoms with Crippen LogP contribution >= 0.6 is 0 Å². The lowest BCUT2D eigenvalue weighted by molar-refractivity contribution is -0.132. The summed E-state index contributed by atoms with van der Waals surface area (Å²) in [5.41, 5.74) is 5.81. The average molecular weight is 248 g/mol. The molecule has 1 aromatic rings. The van der Waals surface area contributed by atoms with Crippen molar-refractivity contribution in [3.05, 3.63) is 30.3 Å². The van der Waals surface area contributed by atoms with Crippen molar-refractivity contribution >= 4 is 5.91 Å². The molecule has 4 heteroatoms. The molecular formula is C14H20N2O2. The zero-order chi connectivity index (χ0) is 12.8. The molecular weight excluding hydrogens is 228 g/mol. The zero-order valence-electron chi connectivity index (χ0n) is 10.5. The van der Waals surface area contributed by atoms with Crippen LogP contribution in [0.1, 0.15) is 19.3 Å². The summed E-state index contributed by atoms with van der Waals surface area (Å²) in [5, 5.41) is 0. The number of ether oxygens (including phenoxy) is 1. The van der Waals surface area contributed by atoms with Gasteiger partial charge in [0.1, 0.15) is 5.75 Å². The number of hydrogen-bond acceptors (Lipinski definition) is 3. The van der Waals surface area contributed by atoms with Gasteiger partial charge in [0.05, 0.1) is 13.0 Å². The Labute approximate surface area is 108 Å². The van der Waals surface area contributed by atoms with Crippen molar-refractivity contribution in [3.63, 3.8) is 0 Å². The molecule has 0 radical (unpaired) electrons. The van der Waals surface area contributed by atoms with E-state index in [2.05, 4.69) is 0 Å². The molecule has 2 N–H and O–H groups in total. The number of carbonyl (C=O) groups is 1. The molecule has 1 heterocycles. The lowest BCUT2D eigenvalue weighted by atomic mass is 10.1. The predicted molar refractivity (Wildman–Crippen MR) is 70.3 cm³/mol. The maximum Gasteiger partial charge on any atom is 0.225 e. The zero-order valence-corrected chi connectivity index (χ0v) is 10.5. The molecule has 0 aromatic heterocycles. The summed E-state index contributed by atoms with van der Waals surface area (Å²) in [5.74, 6) is 0.976. The van der Waals surface area contributed by atoms with E-state index in [-0.39, 0.29) is 11.9 Å². The molecule has 1 fully saturated rings. The predicted octanol–water partition coefficient (Wildman–Crippen LogP) is 1.41. The summed E-state index contributed by atoms with van der Waals surface area (Å²) in [7, 11) is 0. The molecule has 2 rings (SSSR count). The molecule has 4 nitrogen and oxygen atoms in total. The van der Waals surface area contributed by atoms with Crippen molar-refractivity contribution in [1.29, 1.82) is 0 Å². The van der Waals surface area contributed by atoms with Gasteiger partial charge in [-0.15, -0.1) is 0 Å². The Morgan fingerprint density at radius 1 is 1.28 bits per heavy atom. The highest BCUT2D eigenvalue weighted by Gasteiger charge is 2.20. The minimum Gasteiger partial charge on any atom is -0.493 e. The van der Waals surface area contributed by atoms with Crippen molar-refractivity contribution in [2.45, 2.75) is 25.3 Å². The van der Waals surface area contributed by atoms with Crippen molar-refractivity contribution in [1.82, 2.24) is 4.90 Å². The molecule has 1 aliphatic heterocycles. The van der Waals surface area contributed by atoms with Gasteiger partial charge in [0.25, 0.3) is 0 Å². The first-order valence-corrected chi connectivity index (χ1v) is 6.47. The van der Waals surface area contributed by atoms with Gasteiger partial charge in [-0.2, -0.15) is 0 Å². The normalized spacial score (nSPS) is 16.6. The van der Waals surface area contributed by atoms with E-state index in [0.29, 0.717) is 13.0 Å². The topological polar surface area (TPSA) is 55.6 Å². The summed E-state index contributed by atoms with van der Waals surface area (Å²) >= 11 is 0. The average Bonchev–Trinajstić information content (AvgIpc) is 2.40. The van der Waals surface area contributed by atoms with E-state index in [1.54, 1.807) is 0 Å². The van der Waals surface area contributed by atoms with E-state index < -0.39 is 0 Å². The third-order valence-electron chi connectivity index (χ3n) is 3.22. The number of nitrogens with zero attached hydrogens (tertiary/aromatic N) is 1. The highest BCUT2D eigenvalue weighted by molar-refractivity contribution is 5.76. The first-order valence-electron chi connectivity index (χ1n) is 6.47. The summed E-state index contributed by atoms with van der Waals surface area (Å²) in [6.45, 7) is 2.00. The van der Waals surface area contributed by atoms with Gasteiger partial charge >= 0.3 is 0 Å². The molecule has 98 valence electrons. The Bertz CT molecular complexity index is 373. The van der Waals surface area contributed by atoms with Gasteiger partial charge in [0.2, 0.25) is 5.91 Å². The van der Waals surface area contributed by atoms with Crippen LogP contribution in [0.15, 0.2) is 30.3 Å². The third-order valence-corrected chi connectivity index (χ3v) is 3.22. The van der Waals surface area contributed by atoms with Gasteiger partial charge in [-0.1, -0.05) is 18.2 Å². The summed E-state index contributed by atoms with van der Waals surface area (Å²) in [6.07, 6.45) is 2.25. The van der Waals surface area contributed by atoms with Crippen molar-refractivity contribution < 1.29 is 9.53 Å². The molecule has 0 saturated carbocycles. The van der Waals surface area contributed by atoms with E-state index in [1.807, 2.05) is 35.2 Å². The molecule has 0 spiro atoms. The van der Waals surface area contributed by atoms with Crippen molar-refractivity contribution in [2.75, 3.05) is 19.7 Å². The number of para-hydroxylation sites is 1. The lowest BCUT2D eigenvalue weighted by Crippen LogP contribution is -2.43. The number of benzene rings is 1. The fourth-order valence-electron chi connectivity index (χ4n) is 2.08. The monoisotopic (exact) mass is 248 g/mol. The minimum atomic E-state index is 0.165. The summed E-state index contributed by atoms with van der Waals surface area (Å²) in [6, 6.07) is 9.82. The maximum absolute atomic E-state index is 11.9. The molecule has 1 saturated heterocycles. The number of amides is 1. The van der Waals surface area contributed by atoms with Crippen LogP contribution in [0.25, 0.3) is 0 Å². The Hall–Kier alpha value is -1.55. The Morgan fingerprint density at radius 2 is 1.94 bits per heavy atom. The van der Waals surface area contributed by atoms with E-state index in [1.165, 1.54) is 0 Å². The summed E-state index contributed by atoms with van der Waals surface area (Å²) < 4.78 is 5.52. The number of likely N-dealkylation sites (tertiary alicyclic amines) is 1. The number of nitrogens with two attached hydrogens (primary N) is 1. The van der Waals surface area contributed by atoms with Crippen LogP contribution in [0.5, 0.6) is 5.75 Å². The number of rotatable bonds is 4. The fourth-order valence-corrected chi connectivity index (χ4v) is 2.08. The first-order chi connectivity index (χ1) is 8.75. The minimum absolute atomic E-state index is 0.165. The van der Waals surface area contributed by atoms with Gasteiger partial charge in [-0.05, 0) is 25.0 Å². The standard InChI is InChI=1S/C14H20N2O2/c15-12-6-9-16(10-7-12)14(17)8-11-18-13-4-2-1-3-5-13/h1-5,12H,6-11,15H2. The van der Waals surface area contributed by atoms with E-state index in [9.17, 15) is 4.79 Å². The smallest absolute Gasteiger partial charge is 0.225 e. The quantitative estimate of drug-likeness (QED) is 0.876. The van der Waals surface area contributed by atoms with E-state index in [4.69, 9.17) is 10.5 Å². The van der Waals surface area contributed by atoms with Gasteiger partial charge in [0.15, 0.2) is 0 Å². The molecule has 1 aliphatic rings. The highest BCUT2D eigenvalue weighted by Crippen LogP contribution is 2.11. The van der Waals surface area contributed by atoms with E-state index >= 15 is 0 Å². The van der Waals surface area contributed by atoms with Crippen LogP contribution in [0.4, 0.5) is 0 Å². The third kappa shape index (κ3) is 3.74. The van der Waals surface area contributed by atoms with Crippen LogP contribution in [-0.4, -0.2) is 36.5 Å². The molecule has 18 heavy (non-hydrogen) atoms. The first kappa shape index (κ1) is 12.9. The molecule has 1 amide bonds. The Morgan fingerprint density at radius 3 is 2.61 bits per heavy atom. The van der Waals surface area contributed by atoms with Crippen LogP contribution in [0, 0.1) is 0 Å². The van der Waals surface area contributed by atoms with E-state index in [0.717, 1.165) is 31.7 Å². The largest absolute Gasteiger partial charge is 0.493 e. The number of hydrogen-bond donors (Lipinski definition) is 1. The highest BCUT2D eigenvalue weighted by atomic mass is 16.5. The maximum atomic E-state index is 11.9. The SMILES string of the molecule is NC1CCN(C(=O)CCOc2ccccc2)CC1. The van der Waals surface area contributed by atoms with Gasteiger partial charge in [-0.3, -0.25) is 4.79 Å². The molecule has 0 unspecified atom stereocenters. The lowest BCUT2D eigenvalue weighted by Gasteiger charge is -2.30. The Balaban J connectivity index is 1.69. The van der Waals surface area contributed by atoms with Crippen LogP contribution in [0.3, 0.4) is 0 Å². The van der Waals surface area contributed by atoms with Gasteiger partial charge in [-0.25, -0.2) is 0 Å². The Kier molecular flexibility index (Phi) is 4.59. The molecule has 1 aromatic carbocycles. The molecule has 0 atom stereocenters. The van der Waals surface area contributed by atoms with Crippen molar-refractivity contribution in [3.8, 4) is 5.75 Å². The number of piperidine rings is 1. The second-order valence-corrected chi connectivity index (χ2v) is 4.63. The summed E-state index contributed by atoms with van der Waals surface area (Å²) in [4.78, 5) is 13.8. The fraction of sp³-hybridized carbons (Fsp3) is 0.500. The van der Waals surface area contributed by atoms with Crippen LogP contribution in [-0.2, 0) is 4.79 Å². The van der Waals surface area contributed by atoms with Crippen molar-refractivity contribution in [2.24, 2.45) is 5.73 Å². The molecule has 0 aliphatic carbocycles. The second-order valence-electron chi connectivity index (χ2n) is 4.63. The van der Waals surface area contributed by atoms with Gasteiger partial charge < -0.3 is 15.4 Å². The second kappa shape index (κ2) is 6.40. The van der Waals surface area contributed by atoms with Crippen LogP contribution < -0.4 is 10.5 Å². The number of carbonyl (C=O) groups excluding carboxylic acids is 1.